The summed E-state index contributed by atoms with van der Waals surface area (Å²) in [5, 5.41) is 5.88. The van der Waals surface area contributed by atoms with E-state index >= 15 is 0 Å². The van der Waals surface area contributed by atoms with Crippen molar-refractivity contribution in [3.8, 4) is 0 Å². The third kappa shape index (κ3) is 4.97. The Morgan fingerprint density at radius 2 is 1.13 bits per heavy atom. The lowest BCUT2D eigenvalue weighted by atomic mass is 9.97. The normalized spacial score (nSPS) is 21.8. The molecule has 1 saturated heterocycles. The lowest BCUT2D eigenvalue weighted by Crippen LogP contribution is -2.50. The summed E-state index contributed by atoms with van der Waals surface area (Å²) < 4.78 is 12.8. The molecule has 0 saturated carbocycles. The van der Waals surface area contributed by atoms with Crippen LogP contribution in [-0.2, 0) is 24.8 Å². The smallest absolute Gasteiger partial charge is 0.252 e. The van der Waals surface area contributed by atoms with Crippen molar-refractivity contribution in [2.24, 2.45) is 0 Å². The molecule has 2 aromatic rings. The molecule has 1 heterocycles. The minimum Gasteiger partial charge on any atom is -0.351 e. The Morgan fingerprint density at radius 1 is 0.774 bits per heavy atom. The number of ether oxygens (including phenoxy) is 2. The second-order valence-corrected chi connectivity index (χ2v) is 8.06. The molecular formula is C25H32N2O4. The van der Waals surface area contributed by atoms with E-state index in [1.165, 1.54) is 0 Å². The molecule has 1 fully saturated rings. The van der Waals surface area contributed by atoms with E-state index < -0.39 is 18.0 Å². The highest BCUT2D eigenvalue weighted by Gasteiger charge is 2.55. The summed E-state index contributed by atoms with van der Waals surface area (Å²) in [6, 6.07) is 18.8. The van der Waals surface area contributed by atoms with Crippen molar-refractivity contribution < 1.29 is 19.1 Å². The Hall–Kier alpha value is -2.70. The Kier molecular flexibility index (Phi) is 7.46. The summed E-state index contributed by atoms with van der Waals surface area (Å²) in [5.74, 6) is -2.07. The molecule has 0 unspecified atom stereocenters. The molecular weight excluding hydrogens is 392 g/mol. The molecule has 2 amide bonds. The van der Waals surface area contributed by atoms with Gasteiger partial charge in [0.15, 0.2) is 12.2 Å². The lowest BCUT2D eigenvalue weighted by Gasteiger charge is -2.29. The van der Waals surface area contributed by atoms with Crippen LogP contribution in [0.3, 0.4) is 0 Å². The molecule has 0 radical (unpaired) electrons. The van der Waals surface area contributed by atoms with E-state index in [1.807, 2.05) is 88.4 Å². The van der Waals surface area contributed by atoms with E-state index in [9.17, 15) is 9.59 Å². The first-order valence-electron chi connectivity index (χ1n) is 11.0. The third-order valence-corrected chi connectivity index (χ3v) is 5.69. The summed E-state index contributed by atoms with van der Waals surface area (Å²) in [6.07, 6.45) is -0.631. The van der Waals surface area contributed by atoms with Gasteiger partial charge in [-0.05, 0) is 26.7 Å². The maximum Gasteiger partial charge on any atom is 0.252 e. The van der Waals surface area contributed by atoms with E-state index in [-0.39, 0.29) is 23.9 Å². The number of nitrogens with one attached hydrogen (secondary N) is 2. The molecule has 6 heteroatoms. The number of hydrogen-bond acceptors (Lipinski definition) is 4. The van der Waals surface area contributed by atoms with Crippen molar-refractivity contribution in [2.45, 2.75) is 70.6 Å². The average Bonchev–Trinajstić information content (AvgIpc) is 3.22. The van der Waals surface area contributed by atoms with Crippen molar-refractivity contribution in [3.05, 3.63) is 71.8 Å². The zero-order valence-electron chi connectivity index (χ0n) is 18.6. The lowest BCUT2D eigenvalue weighted by molar-refractivity contribution is -0.162. The fourth-order valence-electron chi connectivity index (χ4n) is 3.50. The number of amides is 2. The minimum atomic E-state index is -1.36. The van der Waals surface area contributed by atoms with Gasteiger partial charge in [-0.25, -0.2) is 0 Å². The molecule has 0 aromatic heterocycles. The van der Waals surface area contributed by atoms with Gasteiger partial charge in [0.25, 0.3) is 11.8 Å². The van der Waals surface area contributed by atoms with E-state index in [4.69, 9.17) is 9.47 Å². The molecule has 1 aliphatic rings. The molecule has 0 bridgehead atoms. The molecule has 31 heavy (non-hydrogen) atoms. The summed E-state index contributed by atoms with van der Waals surface area (Å²) in [4.78, 5) is 26.3. The SMILES string of the molecule is CC[C@H](C)NC(=O)[C@@H]1OC(c2ccccc2)(c2ccccc2)O[C@H]1C(=O)N[C@@H](C)CC. The Bertz CT molecular complexity index is 798. The van der Waals surface area contributed by atoms with Crippen LogP contribution in [0.5, 0.6) is 0 Å². The maximum atomic E-state index is 13.1. The van der Waals surface area contributed by atoms with Gasteiger partial charge >= 0.3 is 0 Å². The predicted molar refractivity (Wildman–Crippen MR) is 119 cm³/mol. The van der Waals surface area contributed by atoms with Gasteiger partial charge in [0.1, 0.15) is 0 Å². The molecule has 4 atom stereocenters. The Balaban J connectivity index is 2.04. The van der Waals surface area contributed by atoms with Crippen LogP contribution < -0.4 is 10.6 Å². The monoisotopic (exact) mass is 424 g/mol. The number of benzene rings is 2. The van der Waals surface area contributed by atoms with Gasteiger partial charge in [-0.15, -0.1) is 0 Å². The van der Waals surface area contributed by atoms with Crippen LogP contribution >= 0.6 is 0 Å². The van der Waals surface area contributed by atoms with Gasteiger partial charge < -0.3 is 20.1 Å². The Morgan fingerprint density at radius 3 is 1.45 bits per heavy atom. The Labute approximate surface area is 184 Å². The third-order valence-electron chi connectivity index (χ3n) is 5.69. The zero-order chi connectivity index (χ0) is 22.4. The van der Waals surface area contributed by atoms with Crippen LogP contribution in [0.25, 0.3) is 0 Å². The summed E-state index contributed by atoms with van der Waals surface area (Å²) >= 11 is 0. The standard InChI is InChI=1S/C25H32N2O4/c1-5-17(3)26-23(28)21-22(24(29)27-18(4)6-2)31-25(30-21,19-13-9-7-10-14-19)20-15-11-8-12-16-20/h7-18,21-22H,5-6H2,1-4H3,(H,26,28)(H,27,29)/t17-,18-,21+,22+/m0/s1. The van der Waals surface area contributed by atoms with Crippen LogP contribution in [0.4, 0.5) is 0 Å². The predicted octanol–water partition coefficient (Wildman–Crippen LogP) is 3.50. The molecule has 2 N–H and O–H groups in total. The fraction of sp³-hybridized carbons (Fsp3) is 0.440. The largest absolute Gasteiger partial charge is 0.351 e. The van der Waals surface area contributed by atoms with E-state index in [1.54, 1.807) is 0 Å². The topological polar surface area (TPSA) is 76.7 Å². The molecule has 0 aliphatic carbocycles. The van der Waals surface area contributed by atoms with Crippen LogP contribution in [0.2, 0.25) is 0 Å². The highest BCUT2D eigenvalue weighted by atomic mass is 16.8. The van der Waals surface area contributed by atoms with Gasteiger partial charge in [0, 0.05) is 23.2 Å². The van der Waals surface area contributed by atoms with Gasteiger partial charge in [-0.3, -0.25) is 9.59 Å². The van der Waals surface area contributed by atoms with Gasteiger partial charge in [0.05, 0.1) is 0 Å². The van der Waals surface area contributed by atoms with E-state index in [0.717, 1.165) is 24.0 Å². The molecule has 0 spiro atoms. The first-order valence-corrected chi connectivity index (χ1v) is 11.0. The first-order chi connectivity index (χ1) is 14.9. The minimum absolute atomic E-state index is 0.0437. The van der Waals surface area contributed by atoms with Gasteiger partial charge in [-0.2, -0.15) is 0 Å². The van der Waals surface area contributed by atoms with Crippen molar-refractivity contribution in [1.29, 1.82) is 0 Å². The molecule has 6 nitrogen and oxygen atoms in total. The van der Waals surface area contributed by atoms with Gasteiger partial charge in [0.2, 0.25) is 5.79 Å². The van der Waals surface area contributed by atoms with Crippen LogP contribution in [0.15, 0.2) is 60.7 Å². The van der Waals surface area contributed by atoms with Crippen LogP contribution in [0.1, 0.15) is 51.7 Å². The summed E-state index contributed by atoms with van der Waals surface area (Å²) in [6.45, 7) is 7.82. The number of hydrogen-bond donors (Lipinski definition) is 2. The highest BCUT2D eigenvalue weighted by Crippen LogP contribution is 2.43. The number of carbonyl (C=O) groups excluding carboxylic acids is 2. The number of carbonyl (C=O) groups is 2. The molecule has 166 valence electrons. The van der Waals surface area contributed by atoms with Crippen molar-refractivity contribution in [2.75, 3.05) is 0 Å². The second kappa shape index (κ2) is 10.1. The quantitative estimate of drug-likeness (QED) is 0.680. The van der Waals surface area contributed by atoms with Crippen LogP contribution in [-0.4, -0.2) is 36.1 Å². The van der Waals surface area contributed by atoms with Crippen molar-refractivity contribution in [1.82, 2.24) is 10.6 Å². The molecule has 1 aliphatic heterocycles. The average molecular weight is 425 g/mol. The fourth-order valence-corrected chi connectivity index (χ4v) is 3.50. The zero-order valence-corrected chi connectivity index (χ0v) is 18.6. The summed E-state index contributed by atoms with van der Waals surface area (Å²) in [7, 11) is 0. The van der Waals surface area contributed by atoms with Crippen LogP contribution in [0, 0.1) is 0 Å². The highest BCUT2D eigenvalue weighted by molar-refractivity contribution is 5.92. The summed E-state index contributed by atoms with van der Waals surface area (Å²) in [5.41, 5.74) is 1.45. The van der Waals surface area contributed by atoms with Crippen molar-refractivity contribution >= 4 is 11.8 Å². The molecule has 2 aromatic carbocycles. The molecule has 3 rings (SSSR count). The second-order valence-electron chi connectivity index (χ2n) is 8.06. The first kappa shape index (κ1) is 23.0. The maximum absolute atomic E-state index is 13.1. The van der Waals surface area contributed by atoms with Crippen molar-refractivity contribution in [3.63, 3.8) is 0 Å². The van der Waals surface area contributed by atoms with E-state index in [2.05, 4.69) is 10.6 Å². The van der Waals surface area contributed by atoms with E-state index in [0.29, 0.717) is 0 Å². The number of rotatable bonds is 8. The van der Waals surface area contributed by atoms with Gasteiger partial charge in [-0.1, -0.05) is 74.5 Å².